The van der Waals surface area contributed by atoms with Crippen molar-refractivity contribution in [2.24, 2.45) is 5.92 Å². The van der Waals surface area contributed by atoms with Crippen LogP contribution >= 0.6 is 23.2 Å². The van der Waals surface area contributed by atoms with E-state index < -0.39 is 0 Å². The van der Waals surface area contributed by atoms with Gasteiger partial charge in [0.05, 0.1) is 12.0 Å². The van der Waals surface area contributed by atoms with Gasteiger partial charge in [0, 0.05) is 36.1 Å². The second kappa shape index (κ2) is 7.55. The smallest absolute Gasteiger partial charge is 0.227 e. The molecular formula is C19H24Cl2N2O2. The Labute approximate surface area is 159 Å². The molecule has 3 rings (SSSR count). The van der Waals surface area contributed by atoms with Crippen molar-refractivity contribution in [3.8, 4) is 0 Å². The largest absolute Gasteiger partial charge is 0.342 e. The molecule has 25 heavy (non-hydrogen) atoms. The van der Waals surface area contributed by atoms with E-state index in [4.69, 9.17) is 23.2 Å². The predicted molar refractivity (Wildman–Crippen MR) is 99.9 cm³/mol. The van der Waals surface area contributed by atoms with Crippen molar-refractivity contribution in [2.75, 3.05) is 19.6 Å². The van der Waals surface area contributed by atoms with Crippen LogP contribution in [0.5, 0.6) is 0 Å². The highest BCUT2D eigenvalue weighted by atomic mass is 35.5. The summed E-state index contributed by atoms with van der Waals surface area (Å²) >= 11 is 12.5. The summed E-state index contributed by atoms with van der Waals surface area (Å²) in [6.07, 6.45) is 2.97. The third kappa shape index (κ3) is 3.65. The Hall–Kier alpha value is -1.26. The Morgan fingerprint density at radius 3 is 2.72 bits per heavy atom. The molecule has 1 fully saturated rings. The van der Waals surface area contributed by atoms with E-state index in [1.807, 2.05) is 29.7 Å². The molecule has 0 aliphatic carbocycles. The minimum atomic E-state index is -0.108. The first kappa shape index (κ1) is 18.5. The van der Waals surface area contributed by atoms with E-state index in [-0.39, 0.29) is 23.8 Å². The number of halogens is 2. The van der Waals surface area contributed by atoms with Crippen molar-refractivity contribution in [1.29, 1.82) is 0 Å². The van der Waals surface area contributed by atoms with Gasteiger partial charge in [-0.3, -0.25) is 9.59 Å². The standard InChI is InChI=1S/C19H24Cl2N2O2/c1-3-18(24)22-7-4-5-13(11-22)19(25)23-8-6-15-16(12(23)2)9-14(20)10-17(15)21/h9-10,12-13H,3-8,11H2,1-2H3/t12-,13+/m0/s1. The third-order valence-corrected chi connectivity index (χ3v) is 5.98. The molecule has 0 aromatic heterocycles. The maximum absolute atomic E-state index is 13.1. The van der Waals surface area contributed by atoms with Crippen molar-refractivity contribution in [3.63, 3.8) is 0 Å². The van der Waals surface area contributed by atoms with Gasteiger partial charge in [0.1, 0.15) is 0 Å². The number of nitrogens with zero attached hydrogens (tertiary/aromatic N) is 2. The number of carbonyl (C=O) groups excluding carboxylic acids is 2. The number of carbonyl (C=O) groups is 2. The summed E-state index contributed by atoms with van der Waals surface area (Å²) in [7, 11) is 0. The summed E-state index contributed by atoms with van der Waals surface area (Å²) in [5.41, 5.74) is 2.13. The van der Waals surface area contributed by atoms with Gasteiger partial charge >= 0.3 is 0 Å². The van der Waals surface area contributed by atoms with Crippen molar-refractivity contribution in [2.45, 2.75) is 45.6 Å². The van der Waals surface area contributed by atoms with Crippen LogP contribution in [0.2, 0.25) is 10.0 Å². The second-order valence-electron chi connectivity index (χ2n) is 6.95. The Morgan fingerprint density at radius 1 is 1.24 bits per heavy atom. The van der Waals surface area contributed by atoms with Gasteiger partial charge in [-0.05, 0) is 49.4 Å². The lowest BCUT2D eigenvalue weighted by atomic mass is 9.90. The number of hydrogen-bond acceptors (Lipinski definition) is 2. The van der Waals surface area contributed by atoms with E-state index in [1.54, 1.807) is 6.07 Å². The number of rotatable bonds is 2. The van der Waals surface area contributed by atoms with E-state index in [9.17, 15) is 9.59 Å². The van der Waals surface area contributed by atoms with E-state index >= 15 is 0 Å². The molecule has 2 amide bonds. The van der Waals surface area contributed by atoms with E-state index in [1.165, 1.54) is 0 Å². The highest BCUT2D eigenvalue weighted by Crippen LogP contribution is 2.37. The Bertz CT molecular complexity index is 692. The maximum Gasteiger partial charge on any atom is 0.227 e. The quantitative estimate of drug-likeness (QED) is 0.772. The van der Waals surface area contributed by atoms with Crippen LogP contribution < -0.4 is 0 Å². The van der Waals surface area contributed by atoms with Gasteiger partial charge in [0.25, 0.3) is 0 Å². The van der Waals surface area contributed by atoms with Crippen molar-refractivity contribution >= 4 is 35.0 Å². The topological polar surface area (TPSA) is 40.6 Å². The first-order valence-corrected chi connectivity index (χ1v) is 9.74. The van der Waals surface area contributed by atoms with Crippen LogP contribution in [0.1, 0.15) is 50.3 Å². The van der Waals surface area contributed by atoms with Gasteiger partial charge in [-0.1, -0.05) is 30.1 Å². The average molecular weight is 383 g/mol. The Morgan fingerprint density at radius 2 is 2.00 bits per heavy atom. The van der Waals surface area contributed by atoms with E-state index in [0.29, 0.717) is 29.6 Å². The lowest BCUT2D eigenvalue weighted by Gasteiger charge is -2.40. The lowest BCUT2D eigenvalue weighted by Crippen LogP contribution is -2.48. The fourth-order valence-corrected chi connectivity index (χ4v) is 4.62. The van der Waals surface area contributed by atoms with Crippen LogP contribution in [0, 0.1) is 5.92 Å². The van der Waals surface area contributed by atoms with Gasteiger partial charge < -0.3 is 9.80 Å². The molecule has 0 N–H and O–H groups in total. The number of hydrogen-bond donors (Lipinski definition) is 0. The van der Waals surface area contributed by atoms with Crippen LogP contribution in [0.15, 0.2) is 12.1 Å². The van der Waals surface area contributed by atoms with Gasteiger partial charge in [0.15, 0.2) is 0 Å². The molecule has 4 nitrogen and oxygen atoms in total. The van der Waals surface area contributed by atoms with Gasteiger partial charge in [-0.2, -0.15) is 0 Å². The van der Waals surface area contributed by atoms with Crippen molar-refractivity contribution in [3.05, 3.63) is 33.3 Å². The summed E-state index contributed by atoms with van der Waals surface area (Å²) < 4.78 is 0. The number of fused-ring (bicyclic) bond motifs is 1. The SMILES string of the molecule is CCC(=O)N1CCC[C@@H](C(=O)N2CCc3c(Cl)cc(Cl)cc3[C@@H]2C)C1. The molecule has 2 aliphatic heterocycles. The van der Waals surface area contributed by atoms with Gasteiger partial charge in [-0.15, -0.1) is 0 Å². The minimum Gasteiger partial charge on any atom is -0.342 e. The van der Waals surface area contributed by atoms with Crippen LogP contribution in [0.25, 0.3) is 0 Å². The minimum absolute atomic E-state index is 0.0512. The fraction of sp³-hybridized carbons (Fsp3) is 0.579. The lowest BCUT2D eigenvalue weighted by molar-refractivity contribution is -0.142. The molecule has 2 heterocycles. The van der Waals surface area contributed by atoms with Crippen molar-refractivity contribution < 1.29 is 9.59 Å². The molecule has 1 aromatic rings. The van der Waals surface area contributed by atoms with Gasteiger partial charge in [0.2, 0.25) is 11.8 Å². The monoisotopic (exact) mass is 382 g/mol. The van der Waals surface area contributed by atoms with E-state index in [0.717, 1.165) is 36.9 Å². The maximum atomic E-state index is 13.1. The predicted octanol–water partition coefficient (Wildman–Crippen LogP) is 4.09. The van der Waals surface area contributed by atoms with Crippen LogP contribution in [0.4, 0.5) is 0 Å². The highest BCUT2D eigenvalue weighted by Gasteiger charge is 2.35. The molecule has 0 bridgehead atoms. The Kier molecular flexibility index (Phi) is 5.59. The molecule has 0 spiro atoms. The average Bonchev–Trinajstić information content (AvgIpc) is 2.61. The number of likely N-dealkylation sites (tertiary alicyclic amines) is 1. The first-order valence-electron chi connectivity index (χ1n) is 8.98. The van der Waals surface area contributed by atoms with Crippen LogP contribution in [-0.4, -0.2) is 41.2 Å². The molecular weight excluding hydrogens is 359 g/mol. The van der Waals surface area contributed by atoms with Crippen LogP contribution in [-0.2, 0) is 16.0 Å². The first-order chi connectivity index (χ1) is 11.9. The molecule has 2 aliphatic rings. The molecule has 0 unspecified atom stereocenters. The summed E-state index contributed by atoms with van der Waals surface area (Å²) in [4.78, 5) is 28.9. The number of amides is 2. The van der Waals surface area contributed by atoms with Gasteiger partial charge in [-0.25, -0.2) is 0 Å². The van der Waals surface area contributed by atoms with E-state index in [2.05, 4.69) is 0 Å². The molecule has 136 valence electrons. The zero-order valence-corrected chi connectivity index (χ0v) is 16.2. The van der Waals surface area contributed by atoms with Crippen molar-refractivity contribution in [1.82, 2.24) is 9.80 Å². The summed E-state index contributed by atoms with van der Waals surface area (Å²) in [6, 6.07) is 3.63. The molecule has 1 aromatic carbocycles. The molecule has 0 radical (unpaired) electrons. The zero-order valence-electron chi connectivity index (χ0n) is 14.7. The fourth-order valence-electron chi connectivity index (χ4n) is 4.02. The molecule has 1 saturated heterocycles. The zero-order chi connectivity index (χ0) is 18.1. The summed E-state index contributed by atoms with van der Waals surface area (Å²) in [5, 5.41) is 1.28. The second-order valence-corrected chi connectivity index (χ2v) is 7.79. The number of piperidine rings is 1. The van der Waals surface area contributed by atoms with Crippen LogP contribution in [0.3, 0.4) is 0 Å². The molecule has 0 saturated carbocycles. The molecule has 2 atom stereocenters. The summed E-state index contributed by atoms with van der Waals surface area (Å²) in [6.45, 7) is 5.86. The highest BCUT2D eigenvalue weighted by molar-refractivity contribution is 6.35. The number of benzene rings is 1. The summed E-state index contributed by atoms with van der Waals surface area (Å²) in [5.74, 6) is 0.166. The third-order valence-electron chi connectivity index (χ3n) is 5.42. The normalized spacial score (nSPS) is 23.4. The Balaban J connectivity index is 1.78. The molecule has 6 heteroatoms.